The number of nitrogens with one attached hydrogen (secondary N) is 2. The van der Waals surface area contributed by atoms with Gasteiger partial charge in [0.2, 0.25) is 0 Å². The lowest BCUT2D eigenvalue weighted by Gasteiger charge is -2.17. The number of rotatable bonds is 2. The number of benzene rings is 1. The average Bonchev–Trinajstić information content (AvgIpc) is 2.96. The van der Waals surface area contributed by atoms with Crippen molar-refractivity contribution in [1.29, 1.82) is 0 Å². The molecule has 0 saturated carbocycles. The number of fused-ring (bicyclic) bond motifs is 1. The summed E-state index contributed by atoms with van der Waals surface area (Å²) in [7, 11) is 0. The Labute approximate surface area is 134 Å². The lowest BCUT2D eigenvalue weighted by atomic mass is 10.1. The van der Waals surface area contributed by atoms with Gasteiger partial charge in [-0.3, -0.25) is 20.4 Å². The molecule has 0 aliphatic carbocycles. The van der Waals surface area contributed by atoms with Crippen molar-refractivity contribution in [1.82, 2.24) is 10.4 Å². The zero-order chi connectivity index (χ0) is 16.4. The minimum atomic E-state index is -0.707. The molecule has 0 saturated heterocycles. The van der Waals surface area contributed by atoms with Crippen molar-refractivity contribution >= 4 is 23.3 Å². The number of hydrazine groups is 1. The van der Waals surface area contributed by atoms with Crippen LogP contribution in [-0.4, -0.2) is 23.3 Å². The van der Waals surface area contributed by atoms with Gasteiger partial charge in [-0.2, -0.15) is 0 Å². The van der Waals surface area contributed by atoms with Gasteiger partial charge in [0.05, 0.1) is 0 Å². The van der Waals surface area contributed by atoms with Gasteiger partial charge >= 0.3 is 11.8 Å². The van der Waals surface area contributed by atoms with E-state index in [9.17, 15) is 9.59 Å². The molecule has 6 nitrogen and oxygen atoms in total. The van der Waals surface area contributed by atoms with E-state index in [-0.39, 0.29) is 0 Å². The highest BCUT2D eigenvalue weighted by Gasteiger charge is 2.29. The lowest BCUT2D eigenvalue weighted by Crippen LogP contribution is -2.44. The summed E-state index contributed by atoms with van der Waals surface area (Å²) >= 11 is 0. The first-order valence-corrected chi connectivity index (χ1v) is 7.44. The Morgan fingerprint density at radius 3 is 2.65 bits per heavy atom. The Balaban J connectivity index is 1.66. The number of carbonyl (C=O) groups is 2. The number of hydrogen-bond acceptors (Lipinski definition) is 4. The van der Waals surface area contributed by atoms with E-state index in [1.165, 1.54) is 4.90 Å². The van der Waals surface area contributed by atoms with Gasteiger partial charge in [-0.15, -0.1) is 0 Å². The van der Waals surface area contributed by atoms with Crippen LogP contribution in [-0.2, 0) is 16.0 Å². The fraction of sp³-hybridized carbons (Fsp3) is 0.235. The van der Waals surface area contributed by atoms with Crippen LogP contribution in [0.15, 0.2) is 36.5 Å². The molecule has 118 valence electrons. The van der Waals surface area contributed by atoms with Crippen LogP contribution in [0.25, 0.3) is 0 Å². The zero-order valence-electron chi connectivity index (χ0n) is 13.1. The van der Waals surface area contributed by atoms with Crippen molar-refractivity contribution in [2.24, 2.45) is 0 Å². The standard InChI is InChI=1S/C17H18N4O2/c1-11-3-5-13-7-8-21(14(13)9-11)17(23)16(22)20-19-15-6-4-12(2)10-18-15/h3-6,9-10H,7-8H2,1-2H3,(H,18,19)(H,20,22). The predicted molar refractivity (Wildman–Crippen MR) is 88.0 cm³/mol. The molecule has 0 spiro atoms. The van der Waals surface area contributed by atoms with Crippen molar-refractivity contribution < 1.29 is 9.59 Å². The van der Waals surface area contributed by atoms with E-state index >= 15 is 0 Å². The number of aryl methyl sites for hydroxylation is 2. The van der Waals surface area contributed by atoms with Crippen LogP contribution in [0.3, 0.4) is 0 Å². The van der Waals surface area contributed by atoms with Crippen LogP contribution in [0, 0.1) is 13.8 Å². The SMILES string of the molecule is Cc1ccc(NNC(=O)C(=O)N2CCc3ccc(C)cc32)nc1. The highest BCUT2D eigenvalue weighted by Crippen LogP contribution is 2.28. The lowest BCUT2D eigenvalue weighted by molar-refractivity contribution is -0.137. The summed E-state index contributed by atoms with van der Waals surface area (Å²) in [6.07, 6.45) is 2.44. The van der Waals surface area contributed by atoms with Crippen LogP contribution in [0.2, 0.25) is 0 Å². The molecule has 2 aromatic rings. The molecule has 0 radical (unpaired) electrons. The Hall–Kier alpha value is -2.89. The van der Waals surface area contributed by atoms with E-state index in [1.54, 1.807) is 12.3 Å². The predicted octanol–water partition coefficient (Wildman–Crippen LogP) is 1.73. The number of aromatic nitrogens is 1. The van der Waals surface area contributed by atoms with Crippen LogP contribution in [0.1, 0.15) is 16.7 Å². The molecule has 1 aliphatic heterocycles. The second-order valence-corrected chi connectivity index (χ2v) is 5.64. The minimum absolute atomic E-state index is 0.481. The molecule has 2 N–H and O–H groups in total. The van der Waals surface area contributed by atoms with Crippen LogP contribution in [0.4, 0.5) is 11.5 Å². The van der Waals surface area contributed by atoms with E-state index in [1.807, 2.05) is 38.1 Å². The molecular weight excluding hydrogens is 292 g/mol. The maximum atomic E-state index is 12.3. The molecule has 0 fully saturated rings. The topological polar surface area (TPSA) is 74.3 Å². The monoisotopic (exact) mass is 310 g/mol. The first kappa shape index (κ1) is 15.0. The van der Waals surface area contributed by atoms with E-state index in [2.05, 4.69) is 15.8 Å². The molecule has 0 bridgehead atoms. The van der Waals surface area contributed by atoms with Crippen LogP contribution in [0.5, 0.6) is 0 Å². The molecule has 6 heteroatoms. The molecule has 23 heavy (non-hydrogen) atoms. The molecule has 1 aromatic carbocycles. The largest absolute Gasteiger partial charge is 0.328 e. The van der Waals surface area contributed by atoms with E-state index in [0.29, 0.717) is 12.4 Å². The summed E-state index contributed by atoms with van der Waals surface area (Å²) in [5.74, 6) is -0.801. The summed E-state index contributed by atoms with van der Waals surface area (Å²) in [4.78, 5) is 30.0. The fourth-order valence-corrected chi connectivity index (χ4v) is 2.54. The molecule has 2 amide bonds. The number of pyridine rings is 1. The fourth-order valence-electron chi connectivity index (χ4n) is 2.54. The second kappa shape index (κ2) is 6.08. The Kier molecular flexibility index (Phi) is 3.97. The highest BCUT2D eigenvalue weighted by atomic mass is 16.2. The maximum Gasteiger partial charge on any atom is 0.328 e. The first-order valence-electron chi connectivity index (χ1n) is 7.44. The molecule has 1 aromatic heterocycles. The number of hydrogen-bond donors (Lipinski definition) is 2. The Morgan fingerprint density at radius 2 is 1.91 bits per heavy atom. The molecule has 2 heterocycles. The molecule has 0 atom stereocenters. The maximum absolute atomic E-state index is 12.3. The first-order chi connectivity index (χ1) is 11.0. The van der Waals surface area contributed by atoms with Gasteiger partial charge in [0.25, 0.3) is 0 Å². The third-order valence-electron chi connectivity index (χ3n) is 3.79. The number of nitrogens with zero attached hydrogens (tertiary/aromatic N) is 2. The molecular formula is C17H18N4O2. The van der Waals surface area contributed by atoms with Gasteiger partial charge in [-0.1, -0.05) is 18.2 Å². The minimum Gasteiger partial charge on any atom is -0.303 e. The summed E-state index contributed by atoms with van der Waals surface area (Å²) < 4.78 is 0. The van der Waals surface area contributed by atoms with Crippen molar-refractivity contribution in [3.63, 3.8) is 0 Å². The van der Waals surface area contributed by atoms with Gasteiger partial charge < -0.3 is 4.90 Å². The van der Waals surface area contributed by atoms with E-state index in [0.717, 1.165) is 28.8 Å². The van der Waals surface area contributed by atoms with Gasteiger partial charge in [-0.05, 0) is 49.1 Å². The van der Waals surface area contributed by atoms with E-state index < -0.39 is 11.8 Å². The Bertz CT molecular complexity index is 756. The number of anilines is 2. The number of amides is 2. The van der Waals surface area contributed by atoms with Gasteiger partial charge in [0.1, 0.15) is 5.82 Å². The average molecular weight is 310 g/mol. The van der Waals surface area contributed by atoms with Gasteiger partial charge in [0, 0.05) is 18.4 Å². The van der Waals surface area contributed by atoms with Crippen molar-refractivity contribution in [2.45, 2.75) is 20.3 Å². The van der Waals surface area contributed by atoms with Crippen LogP contribution >= 0.6 is 0 Å². The third-order valence-corrected chi connectivity index (χ3v) is 3.79. The van der Waals surface area contributed by atoms with Crippen molar-refractivity contribution in [2.75, 3.05) is 16.9 Å². The molecule has 0 unspecified atom stereocenters. The van der Waals surface area contributed by atoms with Crippen LogP contribution < -0.4 is 15.8 Å². The molecule has 1 aliphatic rings. The molecule has 3 rings (SSSR count). The van der Waals surface area contributed by atoms with Crippen molar-refractivity contribution in [3.8, 4) is 0 Å². The smallest absolute Gasteiger partial charge is 0.303 e. The summed E-state index contributed by atoms with van der Waals surface area (Å²) in [6.45, 7) is 4.41. The third kappa shape index (κ3) is 3.15. The summed E-state index contributed by atoms with van der Waals surface area (Å²) in [5.41, 5.74) is 9.03. The summed E-state index contributed by atoms with van der Waals surface area (Å²) in [6, 6.07) is 9.54. The normalized spacial score (nSPS) is 12.7. The van der Waals surface area contributed by atoms with E-state index in [4.69, 9.17) is 0 Å². The zero-order valence-corrected chi connectivity index (χ0v) is 13.1. The van der Waals surface area contributed by atoms with Crippen molar-refractivity contribution in [3.05, 3.63) is 53.2 Å². The van der Waals surface area contributed by atoms with Gasteiger partial charge in [0.15, 0.2) is 0 Å². The second-order valence-electron chi connectivity index (χ2n) is 5.64. The summed E-state index contributed by atoms with van der Waals surface area (Å²) in [5, 5.41) is 0. The number of carbonyl (C=O) groups excluding carboxylic acids is 2. The Morgan fingerprint density at radius 1 is 1.13 bits per heavy atom. The quantitative estimate of drug-likeness (QED) is 0.654. The van der Waals surface area contributed by atoms with Gasteiger partial charge in [-0.25, -0.2) is 4.98 Å². The highest BCUT2D eigenvalue weighted by molar-refractivity contribution is 6.40.